The summed E-state index contributed by atoms with van der Waals surface area (Å²) in [4.78, 5) is 14.0. The van der Waals surface area contributed by atoms with E-state index in [2.05, 4.69) is 0 Å². The first-order valence-electron chi connectivity index (χ1n) is 9.07. The Labute approximate surface area is 148 Å². The molecule has 130 valence electrons. The van der Waals surface area contributed by atoms with Crippen molar-refractivity contribution in [1.82, 2.24) is 0 Å². The maximum absolute atomic E-state index is 12.4. The molecule has 0 aliphatic carbocycles. The lowest BCUT2D eigenvalue weighted by atomic mass is 9.69. The van der Waals surface area contributed by atoms with E-state index in [9.17, 15) is 9.90 Å². The molecular weight excluding hydrogens is 314 g/mol. The van der Waals surface area contributed by atoms with Crippen molar-refractivity contribution >= 4 is 5.97 Å². The monoisotopic (exact) mass is 337 g/mol. The average Bonchev–Trinajstić information content (AvgIpc) is 3.14. The van der Waals surface area contributed by atoms with E-state index in [1.54, 1.807) is 0 Å². The summed E-state index contributed by atoms with van der Waals surface area (Å²) in [6, 6.07) is 17.0. The van der Waals surface area contributed by atoms with Crippen molar-refractivity contribution in [2.45, 2.75) is 30.8 Å². The third-order valence-corrected chi connectivity index (χ3v) is 5.62. The number of rotatable bonds is 4. The maximum Gasteiger partial charge on any atom is 0.149 e. The quantitative estimate of drug-likeness (QED) is 0.887. The molecule has 2 aromatic carbocycles. The first kappa shape index (κ1) is 16.2. The number of likely N-dealkylation sites (tertiary alicyclic amines) is 1. The van der Waals surface area contributed by atoms with Gasteiger partial charge in [-0.15, -0.1) is 0 Å². The van der Waals surface area contributed by atoms with Crippen LogP contribution in [-0.4, -0.2) is 31.7 Å². The topological polar surface area (TPSA) is 53.8 Å². The smallest absolute Gasteiger partial charge is 0.149 e. The predicted molar refractivity (Wildman–Crippen MR) is 92.5 cm³/mol. The number of ether oxygens (including phenoxy) is 1. The van der Waals surface area contributed by atoms with Crippen molar-refractivity contribution in [1.29, 1.82) is 0 Å². The number of hydrogen-bond acceptors (Lipinski definition) is 3. The van der Waals surface area contributed by atoms with Gasteiger partial charge < -0.3 is 19.5 Å². The minimum absolute atomic E-state index is 0.124. The Bertz CT molecular complexity index is 755. The summed E-state index contributed by atoms with van der Waals surface area (Å²) in [5.74, 6) is -0.374. The van der Waals surface area contributed by atoms with E-state index in [-0.39, 0.29) is 6.10 Å². The van der Waals surface area contributed by atoms with Gasteiger partial charge in [-0.2, -0.15) is 0 Å². The van der Waals surface area contributed by atoms with Crippen LogP contribution in [0.4, 0.5) is 0 Å². The Morgan fingerprint density at radius 1 is 1.08 bits per heavy atom. The van der Waals surface area contributed by atoms with Gasteiger partial charge >= 0.3 is 0 Å². The molecule has 25 heavy (non-hydrogen) atoms. The lowest BCUT2D eigenvalue weighted by Crippen LogP contribution is -3.11. The Kier molecular flexibility index (Phi) is 4.22. The van der Waals surface area contributed by atoms with Gasteiger partial charge in [-0.05, 0) is 11.6 Å². The number of nitrogens with one attached hydrogen (secondary N) is 1. The summed E-state index contributed by atoms with van der Waals surface area (Å²) in [7, 11) is 0. The molecule has 1 fully saturated rings. The van der Waals surface area contributed by atoms with Crippen LogP contribution in [0.5, 0.6) is 5.75 Å². The number of carbonyl (C=O) groups is 1. The molecule has 2 unspecified atom stereocenters. The van der Waals surface area contributed by atoms with Crippen LogP contribution in [-0.2, 0) is 10.2 Å². The van der Waals surface area contributed by atoms with Crippen LogP contribution >= 0.6 is 0 Å². The van der Waals surface area contributed by atoms with Gasteiger partial charge in [0.1, 0.15) is 18.4 Å². The number of hydrogen-bond donors (Lipinski definition) is 1. The molecule has 1 N–H and O–H groups in total. The van der Waals surface area contributed by atoms with Gasteiger partial charge in [-0.25, -0.2) is 0 Å². The highest BCUT2D eigenvalue weighted by atomic mass is 16.5. The zero-order valence-electron chi connectivity index (χ0n) is 14.2. The molecule has 4 rings (SSSR count). The number of carbonyl (C=O) groups excluding carboxylic acids is 1. The van der Waals surface area contributed by atoms with Crippen LogP contribution in [0.3, 0.4) is 0 Å². The van der Waals surface area contributed by atoms with Crippen LogP contribution in [0.25, 0.3) is 0 Å². The average molecular weight is 337 g/mol. The van der Waals surface area contributed by atoms with E-state index in [0.29, 0.717) is 17.7 Å². The number of carboxylic acids is 1. The van der Waals surface area contributed by atoms with Crippen molar-refractivity contribution < 1.29 is 19.5 Å². The Morgan fingerprint density at radius 3 is 2.48 bits per heavy atom. The summed E-state index contributed by atoms with van der Waals surface area (Å²) in [6.07, 6.45) is 2.77. The molecule has 0 amide bonds. The number of fused-ring (bicyclic) bond motifs is 1. The Morgan fingerprint density at radius 2 is 1.76 bits per heavy atom. The third-order valence-electron chi connectivity index (χ3n) is 5.62. The van der Waals surface area contributed by atoms with E-state index in [0.717, 1.165) is 25.2 Å². The lowest BCUT2D eigenvalue weighted by Gasteiger charge is -2.43. The molecule has 0 spiro atoms. The second-order valence-electron chi connectivity index (χ2n) is 7.16. The van der Waals surface area contributed by atoms with Crippen molar-refractivity contribution in [3.8, 4) is 5.75 Å². The Hall–Kier alpha value is -2.33. The van der Waals surface area contributed by atoms with Crippen LogP contribution in [0, 0.1) is 0 Å². The molecule has 2 atom stereocenters. The number of quaternary nitrogens is 1. The zero-order valence-corrected chi connectivity index (χ0v) is 14.2. The molecule has 0 bridgehead atoms. The Balaban J connectivity index is 1.78. The first-order chi connectivity index (χ1) is 12.2. The summed E-state index contributed by atoms with van der Waals surface area (Å²) in [6.45, 7) is 3.13. The van der Waals surface area contributed by atoms with Crippen LogP contribution < -0.4 is 14.7 Å². The van der Waals surface area contributed by atoms with E-state index >= 15 is 0 Å². The van der Waals surface area contributed by atoms with Crippen molar-refractivity contribution in [3.63, 3.8) is 0 Å². The molecule has 4 nitrogen and oxygen atoms in total. The van der Waals surface area contributed by atoms with Gasteiger partial charge in [0.25, 0.3) is 0 Å². The van der Waals surface area contributed by atoms with Gasteiger partial charge in [-0.1, -0.05) is 48.5 Å². The van der Waals surface area contributed by atoms with Gasteiger partial charge in [0.15, 0.2) is 0 Å². The summed E-state index contributed by atoms with van der Waals surface area (Å²) in [5.41, 5.74) is 0.320. The molecule has 1 saturated heterocycles. The number of carboxylic acid groups (broad SMARTS) is 1. The highest BCUT2D eigenvalue weighted by Crippen LogP contribution is 2.45. The SMILES string of the molecule is O=C([O-])C1(c2ccccc2)CC(C[NH+]2CCCC2)Oc2ccccc21. The van der Waals surface area contributed by atoms with Crippen molar-refractivity contribution in [2.24, 2.45) is 0 Å². The molecule has 0 aromatic heterocycles. The lowest BCUT2D eigenvalue weighted by molar-refractivity contribution is -0.890. The first-order valence-corrected chi connectivity index (χ1v) is 9.07. The van der Waals surface area contributed by atoms with Gasteiger partial charge in [-0.3, -0.25) is 0 Å². The molecule has 2 aromatic rings. The van der Waals surface area contributed by atoms with Gasteiger partial charge in [0, 0.05) is 24.8 Å². The highest BCUT2D eigenvalue weighted by molar-refractivity contribution is 5.86. The van der Waals surface area contributed by atoms with E-state index < -0.39 is 11.4 Å². The van der Waals surface area contributed by atoms with Crippen LogP contribution in [0.1, 0.15) is 30.4 Å². The van der Waals surface area contributed by atoms with E-state index in [4.69, 9.17) is 4.74 Å². The maximum atomic E-state index is 12.4. The molecular formula is C21H23NO3. The molecule has 2 heterocycles. The molecule has 4 heteroatoms. The normalized spacial score (nSPS) is 26.0. The molecule has 2 aliphatic rings. The largest absolute Gasteiger partial charge is 0.549 e. The minimum atomic E-state index is -1.15. The molecule has 2 aliphatic heterocycles. The van der Waals surface area contributed by atoms with Crippen LogP contribution in [0.15, 0.2) is 54.6 Å². The van der Waals surface area contributed by atoms with Gasteiger partial charge in [0.05, 0.1) is 24.5 Å². The zero-order chi connectivity index (χ0) is 17.3. The van der Waals surface area contributed by atoms with E-state index in [1.807, 2.05) is 54.6 Å². The highest BCUT2D eigenvalue weighted by Gasteiger charge is 2.45. The summed E-state index contributed by atoms with van der Waals surface area (Å²) >= 11 is 0. The van der Waals surface area contributed by atoms with Crippen molar-refractivity contribution in [2.75, 3.05) is 19.6 Å². The van der Waals surface area contributed by atoms with E-state index in [1.165, 1.54) is 17.7 Å². The fourth-order valence-electron chi connectivity index (χ4n) is 4.42. The number of aliphatic carboxylic acids is 1. The summed E-state index contributed by atoms with van der Waals surface area (Å²) in [5, 5.41) is 12.4. The molecule has 0 radical (unpaired) electrons. The fourth-order valence-corrected chi connectivity index (χ4v) is 4.42. The second-order valence-corrected chi connectivity index (χ2v) is 7.16. The predicted octanol–water partition coefficient (Wildman–Crippen LogP) is 0.552. The standard InChI is InChI=1S/C21H23NO3/c23-20(24)21(16-8-2-1-3-9-16)14-17(15-22-12-6-7-13-22)25-19-11-5-4-10-18(19)21/h1-5,8-11,17H,6-7,12-15H2,(H,23,24). The van der Waals surface area contributed by atoms with Crippen LogP contribution in [0.2, 0.25) is 0 Å². The molecule has 0 saturated carbocycles. The third kappa shape index (κ3) is 2.81. The van der Waals surface area contributed by atoms with Crippen molar-refractivity contribution in [3.05, 3.63) is 65.7 Å². The number of benzene rings is 2. The second kappa shape index (κ2) is 6.52. The minimum Gasteiger partial charge on any atom is -0.549 e. The fraction of sp³-hybridized carbons (Fsp3) is 0.381. The summed E-state index contributed by atoms with van der Waals surface area (Å²) < 4.78 is 6.21. The van der Waals surface area contributed by atoms with Gasteiger partial charge in [0.2, 0.25) is 0 Å². The number of para-hydroxylation sites is 1.